The highest BCUT2D eigenvalue weighted by atomic mass is 16.5. The minimum Gasteiger partial charge on any atom is -0.378 e. The minimum atomic E-state index is -0.196. The lowest BCUT2D eigenvalue weighted by Crippen LogP contribution is -2.52. The first-order valence-corrected chi connectivity index (χ1v) is 6.89. The van der Waals surface area contributed by atoms with Crippen LogP contribution >= 0.6 is 0 Å². The molecule has 0 radical (unpaired) electrons. The van der Waals surface area contributed by atoms with Crippen LogP contribution in [0.15, 0.2) is 0 Å². The van der Waals surface area contributed by atoms with E-state index in [2.05, 4.69) is 24.5 Å². The van der Waals surface area contributed by atoms with Crippen molar-refractivity contribution in [2.75, 3.05) is 32.9 Å². The number of amides is 1. The molecule has 0 aromatic heterocycles. The Morgan fingerprint density at radius 2 is 2.28 bits per heavy atom. The number of nitrogens with one attached hydrogen (secondary N) is 2. The van der Waals surface area contributed by atoms with Gasteiger partial charge in [0.15, 0.2) is 0 Å². The van der Waals surface area contributed by atoms with E-state index in [1.54, 1.807) is 0 Å². The molecule has 0 aliphatic carbocycles. The summed E-state index contributed by atoms with van der Waals surface area (Å²) in [6.45, 7) is 7.77. The number of carbonyl (C=O) groups is 1. The third-order valence-corrected chi connectivity index (χ3v) is 3.70. The topological polar surface area (TPSA) is 59.6 Å². The molecule has 3 atom stereocenters. The van der Waals surface area contributed by atoms with Gasteiger partial charge >= 0.3 is 0 Å². The number of rotatable bonds is 4. The van der Waals surface area contributed by atoms with Gasteiger partial charge in [0, 0.05) is 25.6 Å². The second kappa shape index (κ2) is 6.50. The van der Waals surface area contributed by atoms with E-state index in [0.717, 1.165) is 19.6 Å². The molecule has 0 aromatic carbocycles. The average Bonchev–Trinajstić information content (AvgIpc) is 2.85. The standard InChI is InChI=1S/C13H24N2O3/c1-9(2)12-10(3-5-18-12)7-15-13(16)11-8-17-6-4-14-11/h9-12,14H,3-8H2,1-2H3,(H,15,16). The molecular weight excluding hydrogens is 232 g/mol. The van der Waals surface area contributed by atoms with E-state index in [4.69, 9.17) is 9.47 Å². The Kier molecular flexibility index (Phi) is 4.97. The molecule has 0 saturated carbocycles. The van der Waals surface area contributed by atoms with Crippen molar-refractivity contribution in [2.45, 2.75) is 32.4 Å². The molecule has 1 amide bonds. The van der Waals surface area contributed by atoms with Crippen LogP contribution in [-0.2, 0) is 14.3 Å². The van der Waals surface area contributed by atoms with E-state index in [-0.39, 0.29) is 18.1 Å². The molecular formula is C13H24N2O3. The second-order valence-corrected chi connectivity index (χ2v) is 5.45. The van der Waals surface area contributed by atoms with Gasteiger partial charge in [0.05, 0.1) is 19.3 Å². The first-order valence-electron chi connectivity index (χ1n) is 6.89. The predicted octanol–water partition coefficient (Wildman–Crippen LogP) is 0.152. The van der Waals surface area contributed by atoms with E-state index < -0.39 is 0 Å². The van der Waals surface area contributed by atoms with Gasteiger partial charge in [0.1, 0.15) is 6.04 Å². The third kappa shape index (κ3) is 3.43. The molecule has 2 rings (SSSR count). The Hall–Kier alpha value is -0.650. The zero-order valence-corrected chi connectivity index (χ0v) is 11.3. The van der Waals surface area contributed by atoms with E-state index in [1.165, 1.54) is 0 Å². The van der Waals surface area contributed by atoms with Crippen LogP contribution in [0.5, 0.6) is 0 Å². The molecule has 0 aromatic rings. The molecule has 5 heteroatoms. The molecule has 2 saturated heterocycles. The Labute approximate surface area is 109 Å². The quantitative estimate of drug-likeness (QED) is 0.752. The summed E-state index contributed by atoms with van der Waals surface area (Å²) in [6.07, 6.45) is 1.32. The molecule has 2 heterocycles. The van der Waals surface area contributed by atoms with E-state index in [0.29, 0.717) is 31.6 Å². The summed E-state index contributed by atoms with van der Waals surface area (Å²) in [5.74, 6) is 0.994. The Morgan fingerprint density at radius 1 is 1.44 bits per heavy atom. The van der Waals surface area contributed by atoms with Crippen LogP contribution in [-0.4, -0.2) is 51.0 Å². The lowest BCUT2D eigenvalue weighted by atomic mass is 9.93. The monoisotopic (exact) mass is 256 g/mol. The molecule has 2 N–H and O–H groups in total. The van der Waals surface area contributed by atoms with Gasteiger partial charge in [-0.3, -0.25) is 4.79 Å². The Balaban J connectivity index is 1.74. The van der Waals surface area contributed by atoms with Gasteiger partial charge in [-0.05, 0) is 12.3 Å². The van der Waals surface area contributed by atoms with Crippen molar-refractivity contribution in [2.24, 2.45) is 11.8 Å². The van der Waals surface area contributed by atoms with Crippen LogP contribution < -0.4 is 10.6 Å². The van der Waals surface area contributed by atoms with Crippen molar-refractivity contribution in [3.8, 4) is 0 Å². The highest BCUT2D eigenvalue weighted by molar-refractivity contribution is 5.81. The van der Waals surface area contributed by atoms with Crippen LogP contribution in [0.4, 0.5) is 0 Å². The summed E-state index contributed by atoms with van der Waals surface area (Å²) in [6, 6.07) is -0.196. The zero-order valence-electron chi connectivity index (χ0n) is 11.3. The highest BCUT2D eigenvalue weighted by Gasteiger charge is 2.31. The van der Waals surface area contributed by atoms with Gasteiger partial charge in [-0.25, -0.2) is 0 Å². The van der Waals surface area contributed by atoms with Crippen LogP contribution in [0.2, 0.25) is 0 Å². The number of carbonyl (C=O) groups excluding carboxylic acids is 1. The molecule has 104 valence electrons. The van der Waals surface area contributed by atoms with Crippen molar-refractivity contribution >= 4 is 5.91 Å². The van der Waals surface area contributed by atoms with Crippen molar-refractivity contribution in [3.63, 3.8) is 0 Å². The van der Waals surface area contributed by atoms with Gasteiger partial charge in [-0.2, -0.15) is 0 Å². The molecule has 2 fully saturated rings. The largest absolute Gasteiger partial charge is 0.378 e. The minimum absolute atomic E-state index is 0.0455. The van der Waals surface area contributed by atoms with Crippen LogP contribution in [0.1, 0.15) is 20.3 Å². The number of hydrogen-bond donors (Lipinski definition) is 2. The fourth-order valence-electron chi connectivity index (χ4n) is 2.70. The molecule has 2 aliphatic heterocycles. The molecule has 5 nitrogen and oxygen atoms in total. The van der Waals surface area contributed by atoms with Gasteiger partial charge < -0.3 is 20.1 Å². The number of morpholine rings is 1. The summed E-state index contributed by atoms with van der Waals surface area (Å²) < 4.78 is 11.0. The van der Waals surface area contributed by atoms with Gasteiger partial charge in [-0.1, -0.05) is 13.8 Å². The summed E-state index contributed by atoms with van der Waals surface area (Å²) in [5.41, 5.74) is 0. The fraction of sp³-hybridized carbons (Fsp3) is 0.923. The third-order valence-electron chi connectivity index (χ3n) is 3.70. The lowest BCUT2D eigenvalue weighted by Gasteiger charge is -2.25. The SMILES string of the molecule is CC(C)C1OCCC1CNC(=O)C1COCCN1. The maximum absolute atomic E-state index is 11.9. The van der Waals surface area contributed by atoms with Gasteiger partial charge in [0.25, 0.3) is 0 Å². The number of ether oxygens (including phenoxy) is 2. The molecule has 0 spiro atoms. The van der Waals surface area contributed by atoms with Crippen molar-refractivity contribution in [3.05, 3.63) is 0 Å². The van der Waals surface area contributed by atoms with Crippen LogP contribution in [0, 0.1) is 11.8 Å². The Morgan fingerprint density at radius 3 is 2.94 bits per heavy atom. The van der Waals surface area contributed by atoms with Crippen molar-refractivity contribution in [1.82, 2.24) is 10.6 Å². The molecule has 2 aliphatic rings. The lowest BCUT2D eigenvalue weighted by molar-refractivity contribution is -0.126. The molecule has 0 bridgehead atoms. The summed E-state index contributed by atoms with van der Waals surface area (Å²) >= 11 is 0. The maximum atomic E-state index is 11.9. The summed E-state index contributed by atoms with van der Waals surface area (Å²) in [4.78, 5) is 11.9. The second-order valence-electron chi connectivity index (χ2n) is 5.45. The number of hydrogen-bond acceptors (Lipinski definition) is 4. The average molecular weight is 256 g/mol. The van der Waals surface area contributed by atoms with Crippen LogP contribution in [0.3, 0.4) is 0 Å². The molecule has 18 heavy (non-hydrogen) atoms. The smallest absolute Gasteiger partial charge is 0.239 e. The van der Waals surface area contributed by atoms with Crippen molar-refractivity contribution in [1.29, 1.82) is 0 Å². The first kappa shape index (κ1) is 13.8. The van der Waals surface area contributed by atoms with E-state index in [9.17, 15) is 4.79 Å². The van der Waals surface area contributed by atoms with Gasteiger partial charge in [-0.15, -0.1) is 0 Å². The summed E-state index contributed by atoms with van der Waals surface area (Å²) in [5, 5.41) is 6.18. The normalized spacial score (nSPS) is 32.7. The van der Waals surface area contributed by atoms with Crippen LogP contribution in [0.25, 0.3) is 0 Å². The highest BCUT2D eigenvalue weighted by Crippen LogP contribution is 2.26. The van der Waals surface area contributed by atoms with Gasteiger partial charge in [0.2, 0.25) is 5.91 Å². The molecule has 3 unspecified atom stereocenters. The van der Waals surface area contributed by atoms with Crippen molar-refractivity contribution < 1.29 is 14.3 Å². The van der Waals surface area contributed by atoms with E-state index >= 15 is 0 Å². The first-order chi connectivity index (χ1) is 8.68. The fourth-order valence-corrected chi connectivity index (χ4v) is 2.70. The predicted molar refractivity (Wildman–Crippen MR) is 68.3 cm³/mol. The Bertz CT molecular complexity index is 277. The summed E-state index contributed by atoms with van der Waals surface area (Å²) in [7, 11) is 0. The van der Waals surface area contributed by atoms with E-state index in [1.807, 2.05) is 0 Å². The maximum Gasteiger partial charge on any atom is 0.239 e. The zero-order chi connectivity index (χ0) is 13.0.